The van der Waals surface area contributed by atoms with Crippen molar-refractivity contribution in [2.45, 2.75) is 44.2 Å². The van der Waals surface area contributed by atoms with E-state index in [0.29, 0.717) is 30.9 Å². The Morgan fingerprint density at radius 1 is 1.45 bits per heavy atom. The van der Waals surface area contributed by atoms with Gasteiger partial charge in [0.05, 0.1) is 0 Å². The van der Waals surface area contributed by atoms with Gasteiger partial charge in [-0.1, -0.05) is 11.2 Å². The molecular weight excluding hydrogens is 298 g/mol. The fraction of sp³-hybridized carbons (Fsp3) is 0.667. The van der Waals surface area contributed by atoms with Gasteiger partial charge >= 0.3 is 0 Å². The van der Waals surface area contributed by atoms with Crippen LogP contribution in [0.2, 0.25) is 0 Å². The molecule has 0 unspecified atom stereocenters. The molecule has 3 rings (SSSR count). The van der Waals surface area contributed by atoms with Gasteiger partial charge in [0.25, 0.3) is 0 Å². The molecule has 1 aromatic rings. The predicted octanol–water partition coefficient (Wildman–Crippen LogP) is 2.06. The first kappa shape index (κ1) is 15.4. The van der Waals surface area contributed by atoms with Crippen molar-refractivity contribution in [3.8, 4) is 0 Å². The summed E-state index contributed by atoms with van der Waals surface area (Å²) in [7, 11) is 0. The fourth-order valence-corrected chi connectivity index (χ4v) is 3.43. The second kappa shape index (κ2) is 7.67. The van der Waals surface area contributed by atoms with Gasteiger partial charge < -0.3 is 15.2 Å². The third-order valence-corrected chi connectivity index (χ3v) is 4.93. The lowest BCUT2D eigenvalue weighted by Gasteiger charge is -2.24. The molecule has 2 heterocycles. The van der Waals surface area contributed by atoms with Crippen LogP contribution in [0.5, 0.6) is 0 Å². The zero-order valence-corrected chi connectivity index (χ0v) is 13.6. The summed E-state index contributed by atoms with van der Waals surface area (Å²) in [6.07, 6.45) is 6.62. The standard InChI is InChI=1S/C15H23N5OS/c1-2-7-16-15(18-12-4-3-8-22-10-12)17-9-13-19-14(20-21-13)11-5-6-11/h2,11-12H,1,3-10H2,(H2,16,17,18)/t12-/m0/s1. The minimum absolute atomic E-state index is 0.409. The fourth-order valence-electron chi connectivity index (χ4n) is 2.36. The van der Waals surface area contributed by atoms with Gasteiger partial charge in [-0.25, -0.2) is 4.99 Å². The number of hydrogen-bond acceptors (Lipinski definition) is 5. The van der Waals surface area contributed by atoms with Crippen molar-refractivity contribution in [1.82, 2.24) is 20.8 Å². The first-order chi connectivity index (χ1) is 10.8. The molecule has 2 aliphatic rings. The van der Waals surface area contributed by atoms with Crippen LogP contribution >= 0.6 is 11.8 Å². The van der Waals surface area contributed by atoms with Crippen molar-refractivity contribution in [2.24, 2.45) is 4.99 Å². The molecule has 1 saturated carbocycles. The lowest BCUT2D eigenvalue weighted by molar-refractivity contribution is 0.374. The first-order valence-electron chi connectivity index (χ1n) is 7.91. The first-order valence-corrected chi connectivity index (χ1v) is 9.06. The molecule has 1 aliphatic heterocycles. The topological polar surface area (TPSA) is 75.3 Å². The number of rotatable bonds is 6. The van der Waals surface area contributed by atoms with Crippen LogP contribution in [0, 0.1) is 0 Å². The predicted molar refractivity (Wildman–Crippen MR) is 89.1 cm³/mol. The van der Waals surface area contributed by atoms with Crippen LogP contribution in [-0.2, 0) is 6.54 Å². The summed E-state index contributed by atoms with van der Waals surface area (Å²) in [5, 5.41) is 10.8. The highest BCUT2D eigenvalue weighted by Gasteiger charge is 2.28. The van der Waals surface area contributed by atoms with E-state index in [1.165, 1.54) is 31.4 Å². The Balaban J connectivity index is 1.57. The van der Waals surface area contributed by atoms with E-state index in [2.05, 4.69) is 32.3 Å². The normalized spacial score (nSPS) is 22.4. The van der Waals surface area contributed by atoms with Gasteiger partial charge in [0.15, 0.2) is 11.8 Å². The van der Waals surface area contributed by atoms with Crippen LogP contribution < -0.4 is 10.6 Å². The average Bonchev–Trinajstić information content (AvgIpc) is 3.30. The van der Waals surface area contributed by atoms with Gasteiger partial charge in [-0.3, -0.25) is 0 Å². The third-order valence-electron chi connectivity index (χ3n) is 3.71. The smallest absolute Gasteiger partial charge is 0.248 e. The van der Waals surface area contributed by atoms with Crippen LogP contribution in [0.1, 0.15) is 43.3 Å². The van der Waals surface area contributed by atoms with E-state index in [1.54, 1.807) is 0 Å². The Morgan fingerprint density at radius 2 is 2.36 bits per heavy atom. The molecule has 120 valence electrons. The monoisotopic (exact) mass is 321 g/mol. The summed E-state index contributed by atoms with van der Waals surface area (Å²) < 4.78 is 5.26. The van der Waals surface area contributed by atoms with Crippen molar-refractivity contribution in [2.75, 3.05) is 18.1 Å². The maximum absolute atomic E-state index is 5.26. The van der Waals surface area contributed by atoms with E-state index in [0.717, 1.165) is 17.5 Å². The van der Waals surface area contributed by atoms with E-state index in [9.17, 15) is 0 Å². The SMILES string of the molecule is C=CCNC(=NCc1nc(C2CC2)no1)N[C@H]1CCCSC1. The molecule has 1 aliphatic carbocycles. The molecule has 1 atom stereocenters. The van der Waals surface area contributed by atoms with Gasteiger partial charge in [-0.05, 0) is 31.4 Å². The minimum Gasteiger partial charge on any atom is -0.353 e. The maximum Gasteiger partial charge on any atom is 0.248 e. The number of aliphatic imine (C=N–C) groups is 1. The van der Waals surface area contributed by atoms with E-state index in [1.807, 2.05) is 17.8 Å². The molecule has 0 spiro atoms. The molecule has 2 fully saturated rings. The number of guanidine groups is 1. The lowest BCUT2D eigenvalue weighted by atomic mass is 10.2. The molecular formula is C15H23N5OS. The summed E-state index contributed by atoms with van der Waals surface area (Å²) in [4.78, 5) is 8.97. The Labute approximate surface area is 135 Å². The molecule has 0 aromatic carbocycles. The largest absolute Gasteiger partial charge is 0.353 e. The second-order valence-electron chi connectivity index (χ2n) is 5.71. The molecule has 1 aromatic heterocycles. The van der Waals surface area contributed by atoms with E-state index in [-0.39, 0.29) is 0 Å². The summed E-state index contributed by atoms with van der Waals surface area (Å²) in [6, 6.07) is 0.472. The molecule has 0 amide bonds. The second-order valence-corrected chi connectivity index (χ2v) is 6.86. The van der Waals surface area contributed by atoms with Crippen molar-refractivity contribution in [3.05, 3.63) is 24.4 Å². The lowest BCUT2D eigenvalue weighted by Crippen LogP contribution is -2.45. The Bertz CT molecular complexity index is 520. The van der Waals surface area contributed by atoms with Crippen molar-refractivity contribution in [3.63, 3.8) is 0 Å². The van der Waals surface area contributed by atoms with Crippen LogP contribution in [0.3, 0.4) is 0 Å². The summed E-state index contributed by atoms with van der Waals surface area (Å²) in [5.74, 6) is 5.11. The summed E-state index contributed by atoms with van der Waals surface area (Å²) in [6.45, 7) is 4.83. The summed E-state index contributed by atoms with van der Waals surface area (Å²) in [5.41, 5.74) is 0. The molecule has 2 N–H and O–H groups in total. The van der Waals surface area contributed by atoms with Gasteiger partial charge in [0, 0.05) is 24.3 Å². The number of aromatic nitrogens is 2. The highest BCUT2D eigenvalue weighted by atomic mass is 32.2. The molecule has 7 heteroatoms. The summed E-state index contributed by atoms with van der Waals surface area (Å²) >= 11 is 1.99. The Kier molecular flexibility index (Phi) is 5.37. The third kappa shape index (κ3) is 4.50. The zero-order chi connectivity index (χ0) is 15.2. The molecule has 6 nitrogen and oxygen atoms in total. The van der Waals surface area contributed by atoms with Crippen molar-refractivity contribution in [1.29, 1.82) is 0 Å². The molecule has 1 saturated heterocycles. The van der Waals surface area contributed by atoms with Gasteiger partial charge in [-0.2, -0.15) is 16.7 Å². The minimum atomic E-state index is 0.409. The molecule has 22 heavy (non-hydrogen) atoms. The van der Waals surface area contributed by atoms with Crippen molar-refractivity contribution >= 4 is 17.7 Å². The number of thioether (sulfide) groups is 1. The number of nitrogens with zero attached hydrogens (tertiary/aromatic N) is 3. The van der Waals surface area contributed by atoms with Gasteiger partial charge in [-0.15, -0.1) is 6.58 Å². The van der Waals surface area contributed by atoms with Gasteiger partial charge in [0.2, 0.25) is 5.89 Å². The van der Waals surface area contributed by atoms with Gasteiger partial charge in [0.1, 0.15) is 6.54 Å². The van der Waals surface area contributed by atoms with Crippen LogP contribution in [-0.4, -0.2) is 40.2 Å². The highest BCUT2D eigenvalue weighted by Crippen LogP contribution is 2.38. The van der Waals surface area contributed by atoms with Crippen LogP contribution in [0.4, 0.5) is 0 Å². The quantitative estimate of drug-likeness (QED) is 0.474. The van der Waals surface area contributed by atoms with Crippen molar-refractivity contribution < 1.29 is 4.52 Å². The van der Waals surface area contributed by atoms with E-state index < -0.39 is 0 Å². The highest BCUT2D eigenvalue weighted by molar-refractivity contribution is 7.99. The Morgan fingerprint density at radius 3 is 3.09 bits per heavy atom. The van der Waals surface area contributed by atoms with Crippen LogP contribution in [0.25, 0.3) is 0 Å². The Hall–Kier alpha value is -1.50. The number of nitrogens with one attached hydrogen (secondary N) is 2. The van der Waals surface area contributed by atoms with E-state index >= 15 is 0 Å². The molecule has 0 radical (unpaired) electrons. The number of hydrogen-bond donors (Lipinski definition) is 2. The van der Waals surface area contributed by atoms with Crippen LogP contribution in [0.15, 0.2) is 22.2 Å². The zero-order valence-electron chi connectivity index (χ0n) is 12.8. The molecule has 0 bridgehead atoms. The average molecular weight is 321 g/mol. The van der Waals surface area contributed by atoms with E-state index in [4.69, 9.17) is 4.52 Å². The maximum atomic E-state index is 5.26.